The van der Waals surface area contributed by atoms with Gasteiger partial charge in [0.25, 0.3) is 0 Å². The van der Waals surface area contributed by atoms with Crippen LogP contribution in [0.2, 0.25) is 0 Å². The van der Waals surface area contributed by atoms with E-state index >= 15 is 0 Å². The summed E-state index contributed by atoms with van der Waals surface area (Å²) in [4.78, 5) is 20.8. The van der Waals surface area contributed by atoms with Crippen molar-refractivity contribution in [3.63, 3.8) is 0 Å². The molecule has 2 aromatic heterocycles. The first-order valence-electron chi connectivity index (χ1n) is 11.4. The smallest absolute Gasteiger partial charge is 0.475 e. The summed E-state index contributed by atoms with van der Waals surface area (Å²) >= 11 is 0. The van der Waals surface area contributed by atoms with E-state index in [4.69, 9.17) is 24.0 Å². The molecule has 1 saturated heterocycles. The highest BCUT2D eigenvalue weighted by Crippen LogP contribution is 2.39. The van der Waals surface area contributed by atoms with Crippen LogP contribution in [0.5, 0.6) is 0 Å². The van der Waals surface area contributed by atoms with E-state index in [1.54, 1.807) is 6.26 Å². The van der Waals surface area contributed by atoms with Crippen molar-refractivity contribution < 1.29 is 32.2 Å². The van der Waals surface area contributed by atoms with Gasteiger partial charge >= 0.3 is 12.1 Å². The molecule has 36 heavy (non-hydrogen) atoms. The van der Waals surface area contributed by atoms with Crippen LogP contribution >= 0.6 is 0 Å². The maximum Gasteiger partial charge on any atom is 0.490 e. The molecule has 0 amide bonds. The Morgan fingerprint density at radius 3 is 2.72 bits per heavy atom. The number of aliphatic carboxylic acids is 1. The zero-order chi connectivity index (χ0) is 25.8. The summed E-state index contributed by atoms with van der Waals surface area (Å²) < 4.78 is 43.1. The number of carboxylic acids is 1. The molecule has 1 unspecified atom stereocenters. The van der Waals surface area contributed by atoms with Gasteiger partial charge in [-0.05, 0) is 43.1 Å². The SMILES string of the molecule is Cc1ccccc1CN1CCC2(COCc3cnc(NCc4ccco4)nc32)C1.O=C(O)C(F)(F)F. The number of fused-ring (bicyclic) bond motifs is 2. The minimum Gasteiger partial charge on any atom is -0.475 e. The molecular weight excluding hydrogens is 477 g/mol. The van der Waals surface area contributed by atoms with Gasteiger partial charge in [-0.25, -0.2) is 14.8 Å². The molecule has 2 aliphatic heterocycles. The van der Waals surface area contributed by atoms with Gasteiger partial charge in [-0.2, -0.15) is 13.2 Å². The molecule has 4 heterocycles. The molecule has 1 aromatic carbocycles. The normalized spacial score (nSPS) is 19.4. The topological polar surface area (TPSA) is 101 Å². The van der Waals surface area contributed by atoms with Crippen LogP contribution in [0.15, 0.2) is 53.3 Å². The van der Waals surface area contributed by atoms with E-state index in [0.29, 0.717) is 19.1 Å². The zero-order valence-electron chi connectivity index (χ0n) is 19.7. The van der Waals surface area contributed by atoms with E-state index in [0.717, 1.165) is 49.7 Å². The van der Waals surface area contributed by atoms with Gasteiger partial charge in [0.1, 0.15) is 5.76 Å². The number of ether oxygens (including phenoxy) is 1. The zero-order valence-corrected chi connectivity index (χ0v) is 19.7. The first-order chi connectivity index (χ1) is 17.2. The Kier molecular flexibility index (Phi) is 7.60. The Labute approximate surface area is 206 Å². The number of furan rings is 1. The van der Waals surface area contributed by atoms with E-state index in [2.05, 4.69) is 46.4 Å². The van der Waals surface area contributed by atoms with Gasteiger partial charge in [-0.15, -0.1) is 0 Å². The van der Waals surface area contributed by atoms with Crippen LogP contribution in [-0.2, 0) is 34.6 Å². The number of nitrogens with zero attached hydrogens (tertiary/aromatic N) is 3. The first-order valence-corrected chi connectivity index (χ1v) is 11.4. The van der Waals surface area contributed by atoms with Crippen molar-refractivity contribution in [1.29, 1.82) is 0 Å². The van der Waals surface area contributed by atoms with Gasteiger partial charge in [0.15, 0.2) is 0 Å². The summed E-state index contributed by atoms with van der Waals surface area (Å²) in [6.07, 6.45) is -0.434. The summed E-state index contributed by atoms with van der Waals surface area (Å²) in [5, 5.41) is 10.4. The summed E-state index contributed by atoms with van der Waals surface area (Å²) in [5.74, 6) is -1.24. The van der Waals surface area contributed by atoms with Crippen LogP contribution in [0.4, 0.5) is 19.1 Å². The van der Waals surface area contributed by atoms with Crippen LogP contribution in [0.25, 0.3) is 0 Å². The monoisotopic (exact) mass is 504 g/mol. The van der Waals surface area contributed by atoms with Crippen molar-refractivity contribution in [2.45, 2.75) is 44.6 Å². The predicted molar refractivity (Wildman–Crippen MR) is 124 cm³/mol. The Morgan fingerprint density at radius 2 is 2.03 bits per heavy atom. The summed E-state index contributed by atoms with van der Waals surface area (Å²) in [6, 6.07) is 12.5. The standard InChI is InChI=1S/C23H26N4O2.C2HF3O2/c1-17-5-2-3-6-18(17)13-27-9-8-23(15-27)16-28-14-19-11-24-22(26-21(19)23)25-12-20-7-4-10-29-20;3-2(4,5)1(6)7/h2-7,10-11H,8-9,12-16H2,1H3,(H,24,25,26);(H,6,7). The number of rotatable bonds is 5. The van der Waals surface area contributed by atoms with Gasteiger partial charge in [0.05, 0.1) is 37.1 Å². The number of aryl methyl sites for hydroxylation is 1. The van der Waals surface area contributed by atoms with E-state index < -0.39 is 12.1 Å². The Bertz CT molecular complexity index is 1190. The van der Waals surface area contributed by atoms with Gasteiger partial charge in [-0.3, -0.25) is 4.90 Å². The number of alkyl halides is 3. The lowest BCUT2D eigenvalue weighted by atomic mass is 9.80. The van der Waals surface area contributed by atoms with Crippen molar-refractivity contribution in [2.24, 2.45) is 0 Å². The molecule has 1 spiro atoms. The largest absolute Gasteiger partial charge is 0.490 e. The highest BCUT2D eigenvalue weighted by atomic mass is 19.4. The van der Waals surface area contributed by atoms with E-state index in [1.807, 2.05) is 18.3 Å². The van der Waals surface area contributed by atoms with Crippen LogP contribution < -0.4 is 5.32 Å². The van der Waals surface area contributed by atoms with Gasteiger partial charge < -0.3 is 19.6 Å². The third kappa shape index (κ3) is 6.03. The van der Waals surface area contributed by atoms with Crippen molar-refractivity contribution in [1.82, 2.24) is 14.9 Å². The van der Waals surface area contributed by atoms with Crippen molar-refractivity contribution >= 4 is 11.9 Å². The van der Waals surface area contributed by atoms with E-state index in [-0.39, 0.29) is 5.41 Å². The van der Waals surface area contributed by atoms with Crippen LogP contribution in [-0.4, -0.2) is 51.8 Å². The number of nitrogens with one attached hydrogen (secondary N) is 1. The number of anilines is 1. The number of halogens is 3. The average molecular weight is 505 g/mol. The Balaban J connectivity index is 0.000000384. The number of carboxylic acid groups (broad SMARTS) is 1. The molecule has 0 aliphatic carbocycles. The number of likely N-dealkylation sites (tertiary alicyclic amines) is 1. The lowest BCUT2D eigenvalue weighted by molar-refractivity contribution is -0.192. The van der Waals surface area contributed by atoms with Gasteiger partial charge in [0.2, 0.25) is 5.95 Å². The lowest BCUT2D eigenvalue weighted by Gasteiger charge is -2.34. The summed E-state index contributed by atoms with van der Waals surface area (Å²) in [5.41, 5.74) is 4.94. The summed E-state index contributed by atoms with van der Waals surface area (Å²) in [6.45, 7) is 7.06. The van der Waals surface area contributed by atoms with E-state index in [1.165, 1.54) is 11.1 Å². The second-order valence-corrected chi connectivity index (χ2v) is 8.96. The second-order valence-electron chi connectivity index (χ2n) is 8.96. The molecule has 1 fully saturated rings. The van der Waals surface area contributed by atoms with Gasteiger partial charge in [-0.1, -0.05) is 24.3 Å². The number of aromatic nitrogens is 2. The number of hydrogen-bond acceptors (Lipinski definition) is 7. The number of benzene rings is 1. The van der Waals surface area contributed by atoms with Crippen LogP contribution in [0.1, 0.15) is 34.6 Å². The third-order valence-electron chi connectivity index (χ3n) is 6.33. The Morgan fingerprint density at radius 1 is 1.25 bits per heavy atom. The fourth-order valence-electron chi connectivity index (χ4n) is 4.49. The molecule has 8 nitrogen and oxygen atoms in total. The molecule has 1 atom stereocenters. The quantitative estimate of drug-likeness (QED) is 0.531. The fraction of sp³-hybridized carbons (Fsp3) is 0.400. The first kappa shape index (κ1) is 25.6. The number of hydrogen-bond donors (Lipinski definition) is 2. The molecule has 0 saturated carbocycles. The molecule has 3 aromatic rings. The van der Waals surface area contributed by atoms with E-state index in [9.17, 15) is 13.2 Å². The summed E-state index contributed by atoms with van der Waals surface area (Å²) in [7, 11) is 0. The lowest BCUT2D eigenvalue weighted by Crippen LogP contribution is -2.40. The molecule has 0 radical (unpaired) electrons. The molecular formula is C25H27F3N4O4. The number of carbonyl (C=O) groups is 1. The third-order valence-corrected chi connectivity index (χ3v) is 6.33. The highest BCUT2D eigenvalue weighted by molar-refractivity contribution is 5.73. The molecule has 2 aliphatic rings. The maximum absolute atomic E-state index is 10.6. The van der Waals surface area contributed by atoms with Crippen molar-refractivity contribution in [3.05, 3.63) is 77.0 Å². The average Bonchev–Trinajstić information content (AvgIpc) is 3.50. The highest BCUT2D eigenvalue weighted by Gasteiger charge is 2.45. The molecule has 192 valence electrons. The van der Waals surface area contributed by atoms with Crippen LogP contribution in [0, 0.1) is 6.92 Å². The fourth-order valence-corrected chi connectivity index (χ4v) is 4.49. The molecule has 0 bridgehead atoms. The molecule has 2 N–H and O–H groups in total. The van der Waals surface area contributed by atoms with Gasteiger partial charge in [0, 0.05) is 24.8 Å². The van der Waals surface area contributed by atoms with Crippen LogP contribution in [0.3, 0.4) is 0 Å². The minimum atomic E-state index is -5.08. The predicted octanol–water partition coefficient (Wildman–Crippen LogP) is 4.30. The van der Waals surface area contributed by atoms with Crippen molar-refractivity contribution in [2.75, 3.05) is 25.0 Å². The van der Waals surface area contributed by atoms with Crippen molar-refractivity contribution in [3.8, 4) is 0 Å². The molecule has 11 heteroatoms. The minimum absolute atomic E-state index is 0.0552. The Hall–Kier alpha value is -3.44. The second kappa shape index (κ2) is 10.7. The maximum atomic E-state index is 10.6. The molecule has 5 rings (SSSR count).